The molecule has 0 N–H and O–H groups in total. The minimum atomic E-state index is -0.531. The van der Waals surface area contributed by atoms with Gasteiger partial charge in [0, 0.05) is 14.2 Å². The van der Waals surface area contributed by atoms with E-state index in [1.165, 1.54) is 0 Å². The van der Waals surface area contributed by atoms with Crippen molar-refractivity contribution in [2.24, 2.45) is 9.98 Å². The Morgan fingerprint density at radius 2 is 1.16 bits per heavy atom. The van der Waals surface area contributed by atoms with Crippen LogP contribution in [0, 0.1) is 0 Å². The van der Waals surface area contributed by atoms with Gasteiger partial charge in [0.05, 0.1) is 20.6 Å². The molecule has 2 heterocycles. The lowest BCUT2D eigenvalue weighted by Gasteiger charge is -2.17. The van der Waals surface area contributed by atoms with E-state index in [2.05, 4.69) is 0 Å². The topological polar surface area (TPSA) is 80.1 Å². The first-order chi connectivity index (χ1) is 15.1. The van der Waals surface area contributed by atoms with Gasteiger partial charge < -0.3 is 28.4 Å². The largest absolute Gasteiger partial charge is 0.497 e. The van der Waals surface area contributed by atoms with Crippen molar-refractivity contribution in [1.29, 1.82) is 0 Å². The van der Waals surface area contributed by atoms with Gasteiger partial charge in [-0.1, -0.05) is 24.3 Å². The second-order valence-corrected chi connectivity index (χ2v) is 7.11. The van der Waals surface area contributed by atoms with Gasteiger partial charge in [0.1, 0.15) is 23.6 Å². The first kappa shape index (κ1) is 21.1. The SMILES string of the molecule is COc1cccc([C@H]2N=C(CC3=N[C@H](c4cccc(OC)c4)C(OC)O3)OC2OC)c1. The van der Waals surface area contributed by atoms with Crippen LogP contribution in [0.2, 0.25) is 0 Å². The predicted molar refractivity (Wildman–Crippen MR) is 115 cm³/mol. The Kier molecular flexibility index (Phi) is 6.39. The normalized spacial score (nSPS) is 24.8. The maximum atomic E-state index is 5.92. The minimum absolute atomic E-state index is 0.301. The highest BCUT2D eigenvalue weighted by Crippen LogP contribution is 2.35. The van der Waals surface area contributed by atoms with Gasteiger partial charge in [0.25, 0.3) is 0 Å². The third-order valence-electron chi connectivity index (χ3n) is 5.22. The Morgan fingerprint density at radius 1 is 0.710 bits per heavy atom. The molecular weight excluding hydrogens is 400 g/mol. The molecule has 8 nitrogen and oxygen atoms in total. The van der Waals surface area contributed by atoms with Crippen LogP contribution in [-0.4, -0.2) is 52.8 Å². The summed E-state index contributed by atoms with van der Waals surface area (Å²) in [6, 6.07) is 14.8. The van der Waals surface area contributed by atoms with E-state index in [0.29, 0.717) is 18.2 Å². The van der Waals surface area contributed by atoms with E-state index in [9.17, 15) is 0 Å². The van der Waals surface area contributed by atoms with Crippen molar-refractivity contribution in [3.8, 4) is 11.5 Å². The summed E-state index contributed by atoms with van der Waals surface area (Å²) < 4.78 is 33.5. The summed E-state index contributed by atoms with van der Waals surface area (Å²) in [7, 11) is 6.46. The van der Waals surface area contributed by atoms with Crippen LogP contribution in [0.4, 0.5) is 0 Å². The number of rotatable bonds is 8. The molecule has 0 spiro atoms. The van der Waals surface area contributed by atoms with Gasteiger partial charge in [-0.25, -0.2) is 9.98 Å². The Morgan fingerprint density at radius 3 is 1.55 bits per heavy atom. The number of methoxy groups -OCH3 is 4. The van der Waals surface area contributed by atoms with Gasteiger partial charge in [-0.05, 0) is 35.4 Å². The van der Waals surface area contributed by atoms with Crippen LogP contribution in [0.25, 0.3) is 0 Å². The number of aliphatic imine (C=N–C) groups is 2. The van der Waals surface area contributed by atoms with Crippen molar-refractivity contribution in [2.75, 3.05) is 28.4 Å². The molecule has 0 saturated heterocycles. The molecule has 0 aliphatic carbocycles. The van der Waals surface area contributed by atoms with Gasteiger partial charge >= 0.3 is 0 Å². The summed E-state index contributed by atoms with van der Waals surface area (Å²) in [5, 5.41) is 0. The Bertz CT molecular complexity index is 899. The molecule has 2 aromatic rings. The highest BCUT2D eigenvalue weighted by atomic mass is 16.7. The number of benzene rings is 2. The molecule has 0 radical (unpaired) electrons. The standard InChI is InChI=1S/C23H26N2O6/c1-26-16-9-5-7-14(11-16)20-22(28-3)30-18(24-20)13-19-25-21(23(29-4)31-19)15-8-6-10-17(12-15)27-2/h5-12,20-23H,13H2,1-4H3/t20-,21-,22?,23?/m1/s1. The quantitative estimate of drug-likeness (QED) is 0.641. The van der Waals surface area contributed by atoms with E-state index < -0.39 is 12.6 Å². The smallest absolute Gasteiger partial charge is 0.228 e. The summed E-state index contributed by atoms with van der Waals surface area (Å²) in [5.74, 6) is 2.51. The van der Waals surface area contributed by atoms with Crippen molar-refractivity contribution in [2.45, 2.75) is 31.1 Å². The van der Waals surface area contributed by atoms with Crippen LogP contribution in [0.1, 0.15) is 29.6 Å². The molecule has 164 valence electrons. The molecule has 2 aromatic carbocycles. The Hall–Kier alpha value is -3.10. The summed E-state index contributed by atoms with van der Waals surface area (Å²) in [5.41, 5.74) is 1.89. The zero-order valence-electron chi connectivity index (χ0n) is 18.0. The van der Waals surface area contributed by atoms with E-state index in [-0.39, 0.29) is 12.1 Å². The first-order valence-corrected chi connectivity index (χ1v) is 9.95. The van der Waals surface area contributed by atoms with Crippen LogP contribution >= 0.6 is 0 Å². The summed E-state index contributed by atoms with van der Waals surface area (Å²) in [4.78, 5) is 9.44. The number of hydrogen-bond acceptors (Lipinski definition) is 8. The molecule has 4 rings (SSSR count). The van der Waals surface area contributed by atoms with Crippen LogP contribution in [-0.2, 0) is 18.9 Å². The molecule has 0 saturated carbocycles. The maximum absolute atomic E-state index is 5.92. The van der Waals surface area contributed by atoms with E-state index in [4.69, 9.17) is 38.4 Å². The fourth-order valence-electron chi connectivity index (χ4n) is 3.66. The number of nitrogens with zero attached hydrogens (tertiary/aromatic N) is 2. The lowest BCUT2D eigenvalue weighted by atomic mass is 10.1. The fraction of sp³-hybridized carbons (Fsp3) is 0.391. The third-order valence-corrected chi connectivity index (χ3v) is 5.22. The summed E-state index contributed by atoms with van der Waals surface area (Å²) >= 11 is 0. The van der Waals surface area contributed by atoms with Crippen LogP contribution < -0.4 is 9.47 Å². The molecule has 0 aromatic heterocycles. The van der Waals surface area contributed by atoms with Crippen molar-refractivity contribution in [1.82, 2.24) is 0 Å². The Balaban J connectivity index is 1.53. The summed E-state index contributed by atoms with van der Waals surface area (Å²) in [6.07, 6.45) is -0.756. The van der Waals surface area contributed by atoms with Crippen molar-refractivity contribution in [3.63, 3.8) is 0 Å². The van der Waals surface area contributed by atoms with Crippen LogP contribution in [0.3, 0.4) is 0 Å². The predicted octanol–water partition coefficient (Wildman–Crippen LogP) is 3.68. The molecule has 2 aliphatic heterocycles. The zero-order chi connectivity index (χ0) is 21.8. The molecule has 0 fully saturated rings. The fourth-order valence-corrected chi connectivity index (χ4v) is 3.66. The first-order valence-electron chi connectivity index (χ1n) is 9.95. The molecule has 0 bridgehead atoms. The highest BCUT2D eigenvalue weighted by molar-refractivity contribution is 5.98. The van der Waals surface area contributed by atoms with Crippen molar-refractivity contribution < 1.29 is 28.4 Å². The van der Waals surface area contributed by atoms with Gasteiger partial charge in [-0.15, -0.1) is 0 Å². The number of hydrogen-bond donors (Lipinski definition) is 0. The average molecular weight is 426 g/mol. The van der Waals surface area contributed by atoms with E-state index in [1.54, 1.807) is 28.4 Å². The second-order valence-electron chi connectivity index (χ2n) is 7.11. The van der Waals surface area contributed by atoms with Gasteiger partial charge in [-0.2, -0.15) is 0 Å². The van der Waals surface area contributed by atoms with Crippen LogP contribution in [0.5, 0.6) is 11.5 Å². The second kappa shape index (κ2) is 9.36. The summed E-state index contributed by atoms with van der Waals surface area (Å²) in [6.45, 7) is 0. The molecule has 2 unspecified atom stereocenters. The molecule has 31 heavy (non-hydrogen) atoms. The minimum Gasteiger partial charge on any atom is -0.497 e. The molecule has 0 amide bonds. The van der Waals surface area contributed by atoms with E-state index >= 15 is 0 Å². The number of ether oxygens (including phenoxy) is 6. The Labute approximate surface area is 181 Å². The van der Waals surface area contributed by atoms with E-state index in [0.717, 1.165) is 22.6 Å². The van der Waals surface area contributed by atoms with E-state index in [1.807, 2.05) is 48.5 Å². The molecular formula is C23H26N2O6. The molecule has 8 heteroatoms. The highest BCUT2D eigenvalue weighted by Gasteiger charge is 2.37. The molecule has 4 atom stereocenters. The zero-order valence-corrected chi connectivity index (χ0v) is 18.0. The maximum Gasteiger partial charge on any atom is 0.228 e. The van der Waals surface area contributed by atoms with Gasteiger partial charge in [0.15, 0.2) is 11.8 Å². The monoisotopic (exact) mass is 426 g/mol. The lowest BCUT2D eigenvalue weighted by molar-refractivity contribution is -0.0670. The molecule has 2 aliphatic rings. The van der Waals surface area contributed by atoms with Gasteiger partial charge in [-0.3, -0.25) is 0 Å². The third kappa shape index (κ3) is 4.50. The van der Waals surface area contributed by atoms with Crippen LogP contribution in [0.15, 0.2) is 58.5 Å². The van der Waals surface area contributed by atoms with Crippen molar-refractivity contribution >= 4 is 11.8 Å². The lowest BCUT2D eigenvalue weighted by Crippen LogP contribution is -2.21. The van der Waals surface area contributed by atoms with Gasteiger partial charge in [0.2, 0.25) is 12.6 Å². The average Bonchev–Trinajstić information content (AvgIpc) is 3.43. The van der Waals surface area contributed by atoms with Crippen molar-refractivity contribution in [3.05, 3.63) is 59.7 Å².